The Kier molecular flexibility index (Phi) is 8.57. The second-order valence-corrected chi connectivity index (χ2v) is 16.5. The number of anilines is 3. The number of rotatable bonds is 7. The van der Waals surface area contributed by atoms with Gasteiger partial charge in [-0.25, -0.2) is 0 Å². The van der Waals surface area contributed by atoms with Crippen molar-refractivity contribution < 1.29 is 0 Å². The van der Waals surface area contributed by atoms with E-state index in [-0.39, 0.29) is 5.41 Å². The summed E-state index contributed by atoms with van der Waals surface area (Å²) < 4.78 is 0. The topological polar surface area (TPSA) is 3.24 Å². The molecule has 1 aliphatic rings. The third-order valence-electron chi connectivity index (χ3n) is 12.7. The molecule has 0 saturated heterocycles. The van der Waals surface area contributed by atoms with Crippen molar-refractivity contribution in [3.63, 3.8) is 0 Å². The molecule has 11 rings (SSSR count). The summed E-state index contributed by atoms with van der Waals surface area (Å²) in [7, 11) is 0. The van der Waals surface area contributed by atoms with E-state index in [0.717, 1.165) is 17.1 Å². The molecule has 1 nitrogen and oxygen atoms in total. The van der Waals surface area contributed by atoms with Crippen molar-refractivity contribution in [3.05, 3.63) is 236 Å². The molecule has 0 bridgehead atoms. The molecular formula is C59H43N. The van der Waals surface area contributed by atoms with Gasteiger partial charge >= 0.3 is 0 Å². The second kappa shape index (κ2) is 14.4. The summed E-state index contributed by atoms with van der Waals surface area (Å²) in [5.74, 6) is 0. The lowest BCUT2D eigenvalue weighted by molar-refractivity contribution is 0.660. The monoisotopic (exact) mass is 765 g/mol. The summed E-state index contributed by atoms with van der Waals surface area (Å²) in [6.45, 7) is 4.68. The molecule has 0 N–H and O–H groups in total. The zero-order valence-electron chi connectivity index (χ0n) is 33.8. The molecule has 0 amide bonds. The Morgan fingerprint density at radius 3 is 1.47 bits per heavy atom. The van der Waals surface area contributed by atoms with Crippen molar-refractivity contribution in [2.24, 2.45) is 0 Å². The Bertz CT molecular complexity index is 3210. The van der Waals surface area contributed by atoms with Crippen molar-refractivity contribution in [1.82, 2.24) is 0 Å². The number of hydrogen-bond acceptors (Lipinski definition) is 1. The Hall–Kier alpha value is -7.48. The molecule has 0 saturated carbocycles. The van der Waals surface area contributed by atoms with Gasteiger partial charge in [0.15, 0.2) is 0 Å². The number of hydrogen-bond donors (Lipinski definition) is 0. The Balaban J connectivity index is 1.09. The minimum absolute atomic E-state index is 0.0188. The smallest absolute Gasteiger partial charge is 0.0546 e. The van der Waals surface area contributed by atoms with Crippen LogP contribution in [0.3, 0.4) is 0 Å². The van der Waals surface area contributed by atoms with Crippen LogP contribution in [-0.4, -0.2) is 0 Å². The number of nitrogens with zero attached hydrogens (tertiary/aromatic N) is 1. The molecule has 10 aromatic rings. The maximum absolute atomic E-state index is 2.44. The van der Waals surface area contributed by atoms with Gasteiger partial charge in [-0.2, -0.15) is 0 Å². The SMILES string of the molecule is CC1(C)c2ccccc2-c2cc(-c3ccc(N(c4ccc(-c5ccccc5)cc4)c4cccc(-c5ccc6ccccc6c5)c4-c4ccc5ccccc5c4)cc3)ccc21. The lowest BCUT2D eigenvalue weighted by Gasteiger charge is -2.30. The van der Waals surface area contributed by atoms with Crippen LogP contribution in [-0.2, 0) is 5.41 Å². The van der Waals surface area contributed by atoms with Gasteiger partial charge in [0, 0.05) is 22.4 Å². The predicted molar refractivity (Wildman–Crippen MR) is 255 cm³/mol. The highest BCUT2D eigenvalue weighted by molar-refractivity contribution is 6.01. The van der Waals surface area contributed by atoms with Gasteiger partial charge in [0.2, 0.25) is 0 Å². The second-order valence-electron chi connectivity index (χ2n) is 16.5. The van der Waals surface area contributed by atoms with Crippen molar-refractivity contribution in [2.45, 2.75) is 19.3 Å². The first-order valence-corrected chi connectivity index (χ1v) is 20.9. The lowest BCUT2D eigenvalue weighted by atomic mass is 9.82. The summed E-state index contributed by atoms with van der Waals surface area (Å²) in [6.07, 6.45) is 0. The van der Waals surface area contributed by atoms with Gasteiger partial charge in [-0.1, -0.05) is 190 Å². The fourth-order valence-corrected chi connectivity index (χ4v) is 9.54. The first-order valence-electron chi connectivity index (χ1n) is 20.9. The standard InChI is InChI=1S/C59H43N/c1-59(2)55-21-11-10-19-53(55)54-39-47(31-36-56(54)59)44-29-34-51(35-30-44)60(50-32-27-43(28-33-50)40-13-4-3-5-14-40)57-22-12-20-52(48-25-23-41-15-6-8-17-45(41)37-48)58(57)49-26-24-42-16-7-9-18-46(42)38-49/h3-39H,1-2H3. The van der Waals surface area contributed by atoms with Crippen molar-refractivity contribution in [1.29, 1.82) is 0 Å². The molecule has 0 radical (unpaired) electrons. The van der Waals surface area contributed by atoms with Gasteiger partial charge in [-0.15, -0.1) is 0 Å². The van der Waals surface area contributed by atoms with Gasteiger partial charge in [0.25, 0.3) is 0 Å². The Morgan fingerprint density at radius 1 is 0.300 bits per heavy atom. The van der Waals surface area contributed by atoms with E-state index >= 15 is 0 Å². The molecule has 60 heavy (non-hydrogen) atoms. The third-order valence-corrected chi connectivity index (χ3v) is 12.7. The highest BCUT2D eigenvalue weighted by atomic mass is 15.1. The highest BCUT2D eigenvalue weighted by Crippen LogP contribution is 2.50. The molecule has 0 fully saturated rings. The van der Waals surface area contributed by atoms with Crippen molar-refractivity contribution >= 4 is 38.6 Å². The van der Waals surface area contributed by atoms with Crippen molar-refractivity contribution in [3.8, 4) is 55.6 Å². The zero-order chi connectivity index (χ0) is 40.2. The maximum Gasteiger partial charge on any atom is 0.0546 e. The molecule has 1 heteroatoms. The number of benzene rings is 10. The summed E-state index contributed by atoms with van der Waals surface area (Å²) in [5, 5.41) is 4.92. The van der Waals surface area contributed by atoms with Gasteiger partial charge in [0.1, 0.15) is 0 Å². The van der Waals surface area contributed by atoms with E-state index in [2.05, 4.69) is 243 Å². The molecule has 0 atom stereocenters. The molecular weight excluding hydrogens is 723 g/mol. The van der Waals surface area contributed by atoms with Crippen LogP contribution < -0.4 is 4.90 Å². The van der Waals surface area contributed by atoms with Crippen LogP contribution in [0.25, 0.3) is 77.2 Å². The van der Waals surface area contributed by atoms with Crippen LogP contribution in [0, 0.1) is 0 Å². The summed E-state index contributed by atoms with van der Waals surface area (Å²) >= 11 is 0. The fourth-order valence-electron chi connectivity index (χ4n) is 9.54. The maximum atomic E-state index is 2.44. The minimum atomic E-state index is -0.0188. The van der Waals surface area contributed by atoms with Crippen LogP contribution in [0.2, 0.25) is 0 Å². The van der Waals surface area contributed by atoms with Gasteiger partial charge < -0.3 is 4.90 Å². The molecule has 0 aromatic heterocycles. The van der Waals surface area contributed by atoms with Gasteiger partial charge in [0.05, 0.1) is 5.69 Å². The number of fused-ring (bicyclic) bond motifs is 5. The van der Waals surface area contributed by atoms with Crippen molar-refractivity contribution in [2.75, 3.05) is 4.90 Å². The van der Waals surface area contributed by atoms with Gasteiger partial charge in [-0.05, 0) is 131 Å². The normalized spacial score (nSPS) is 12.6. The third kappa shape index (κ3) is 6.10. The van der Waals surface area contributed by atoms with Gasteiger partial charge in [-0.3, -0.25) is 0 Å². The van der Waals surface area contributed by atoms with Crippen LogP contribution in [0.1, 0.15) is 25.0 Å². The van der Waals surface area contributed by atoms with E-state index in [9.17, 15) is 0 Å². The van der Waals surface area contributed by atoms with E-state index in [4.69, 9.17) is 0 Å². The quantitative estimate of drug-likeness (QED) is 0.156. The van der Waals surface area contributed by atoms with E-state index in [1.807, 2.05) is 0 Å². The average molecular weight is 766 g/mol. The summed E-state index contributed by atoms with van der Waals surface area (Å²) in [4.78, 5) is 2.44. The van der Waals surface area contributed by atoms with Crippen LogP contribution >= 0.6 is 0 Å². The molecule has 1 aliphatic carbocycles. The molecule has 0 spiro atoms. The average Bonchev–Trinajstić information content (AvgIpc) is 3.54. The molecule has 0 heterocycles. The molecule has 284 valence electrons. The summed E-state index contributed by atoms with van der Waals surface area (Å²) in [6, 6.07) is 82.6. The lowest BCUT2D eigenvalue weighted by Crippen LogP contribution is -2.14. The fraction of sp³-hybridized carbons (Fsp3) is 0.0508. The first kappa shape index (κ1) is 35.7. The minimum Gasteiger partial charge on any atom is -0.310 e. The van der Waals surface area contributed by atoms with Crippen LogP contribution in [0.5, 0.6) is 0 Å². The Labute approximate surface area is 352 Å². The highest BCUT2D eigenvalue weighted by Gasteiger charge is 2.35. The predicted octanol–water partition coefficient (Wildman–Crippen LogP) is 16.4. The van der Waals surface area contributed by atoms with Crippen LogP contribution in [0.15, 0.2) is 224 Å². The van der Waals surface area contributed by atoms with E-state index in [1.165, 1.54) is 88.3 Å². The van der Waals surface area contributed by atoms with Crippen LogP contribution in [0.4, 0.5) is 17.1 Å². The zero-order valence-corrected chi connectivity index (χ0v) is 33.8. The molecule has 10 aromatic carbocycles. The largest absolute Gasteiger partial charge is 0.310 e. The Morgan fingerprint density at radius 2 is 0.783 bits per heavy atom. The summed E-state index contributed by atoms with van der Waals surface area (Å²) in [5.41, 5.74) is 18.3. The van der Waals surface area contributed by atoms with E-state index < -0.39 is 0 Å². The molecule has 0 unspecified atom stereocenters. The van der Waals surface area contributed by atoms with E-state index in [1.54, 1.807) is 0 Å². The molecule has 0 aliphatic heterocycles. The van der Waals surface area contributed by atoms with E-state index in [0.29, 0.717) is 0 Å². The first-order chi connectivity index (χ1) is 29.5.